The Hall–Kier alpha value is -4.53. The summed E-state index contributed by atoms with van der Waals surface area (Å²) in [4.78, 5) is 42.1. The minimum absolute atomic E-state index is 0.249. The highest BCUT2D eigenvalue weighted by atomic mass is 16.5. The summed E-state index contributed by atoms with van der Waals surface area (Å²) >= 11 is 0. The molecule has 172 valence electrons. The number of ketones is 1. The van der Waals surface area contributed by atoms with Crippen molar-refractivity contribution in [2.75, 3.05) is 12.0 Å². The minimum Gasteiger partial charge on any atom is -0.454 e. The van der Waals surface area contributed by atoms with Gasteiger partial charge in [0.15, 0.2) is 12.4 Å². The van der Waals surface area contributed by atoms with Crippen LogP contribution in [0, 0.1) is 20.8 Å². The summed E-state index contributed by atoms with van der Waals surface area (Å²) < 4.78 is 8.35. The van der Waals surface area contributed by atoms with E-state index < -0.39 is 12.6 Å². The Balaban J connectivity index is 1.44. The van der Waals surface area contributed by atoms with Gasteiger partial charge in [-0.05, 0) is 51.1 Å². The van der Waals surface area contributed by atoms with E-state index in [1.807, 2.05) is 12.1 Å². The summed E-state index contributed by atoms with van der Waals surface area (Å²) in [6.45, 7) is 4.78. The molecule has 0 spiro atoms. The highest BCUT2D eigenvalue weighted by Gasteiger charge is 2.21. The van der Waals surface area contributed by atoms with E-state index >= 15 is 0 Å². The van der Waals surface area contributed by atoms with Gasteiger partial charge in [-0.15, -0.1) is 0 Å². The molecule has 0 saturated heterocycles. The van der Waals surface area contributed by atoms with Crippen LogP contribution in [-0.4, -0.2) is 43.7 Å². The number of rotatable bonds is 7. The number of ether oxygens (including phenoxy) is 1. The fraction of sp³-hybridized carbons (Fsp3) is 0.160. The van der Waals surface area contributed by atoms with Crippen molar-refractivity contribution in [1.82, 2.24) is 19.4 Å². The number of amides is 1. The summed E-state index contributed by atoms with van der Waals surface area (Å²) in [6.07, 6.45) is 3.02. The van der Waals surface area contributed by atoms with Crippen LogP contribution in [0.2, 0.25) is 0 Å². The lowest BCUT2D eigenvalue weighted by molar-refractivity contribution is 0.0473. The van der Waals surface area contributed by atoms with Crippen molar-refractivity contribution >= 4 is 17.7 Å². The van der Waals surface area contributed by atoms with Crippen molar-refractivity contribution in [2.24, 2.45) is 0 Å². The fourth-order valence-corrected chi connectivity index (χ4v) is 3.58. The second-order valence-corrected chi connectivity index (χ2v) is 7.67. The van der Waals surface area contributed by atoms with Crippen molar-refractivity contribution in [3.8, 4) is 5.82 Å². The standard InChI is InChI=1S/C25H23N5O4/c1-16-13-20(17(2)29(16)28-24(32)19-9-5-4-6-10-19)22(31)15-34-25(33)21-14-27-30(18(21)3)23-11-7-8-12-26-23/h4-14H,15H2,1-3H3,(H,28,32). The molecule has 3 aromatic heterocycles. The summed E-state index contributed by atoms with van der Waals surface area (Å²) in [6, 6.07) is 15.8. The number of hydrogen-bond donors (Lipinski definition) is 1. The van der Waals surface area contributed by atoms with Crippen LogP contribution in [-0.2, 0) is 4.74 Å². The van der Waals surface area contributed by atoms with Gasteiger partial charge in [-0.25, -0.2) is 14.5 Å². The van der Waals surface area contributed by atoms with Gasteiger partial charge >= 0.3 is 5.97 Å². The predicted molar refractivity (Wildman–Crippen MR) is 125 cm³/mol. The molecule has 0 aliphatic rings. The van der Waals surface area contributed by atoms with E-state index in [4.69, 9.17) is 4.74 Å². The average Bonchev–Trinajstić information content (AvgIpc) is 3.38. The fourth-order valence-electron chi connectivity index (χ4n) is 3.58. The van der Waals surface area contributed by atoms with E-state index in [1.54, 1.807) is 74.1 Å². The summed E-state index contributed by atoms with van der Waals surface area (Å²) in [5.74, 6) is -0.760. The SMILES string of the molecule is Cc1c(C(=O)OCC(=O)c2cc(C)n(NC(=O)c3ccccc3)c2C)cnn1-c1ccccn1. The first kappa shape index (κ1) is 22.7. The molecule has 0 saturated carbocycles. The Labute approximate surface area is 196 Å². The maximum Gasteiger partial charge on any atom is 0.342 e. The Bertz CT molecular complexity index is 1360. The van der Waals surface area contributed by atoms with Crippen LogP contribution in [0.5, 0.6) is 0 Å². The molecule has 34 heavy (non-hydrogen) atoms. The molecule has 1 N–H and O–H groups in total. The van der Waals surface area contributed by atoms with Crippen LogP contribution in [0.4, 0.5) is 0 Å². The first-order valence-electron chi connectivity index (χ1n) is 10.6. The molecule has 0 atom stereocenters. The lowest BCUT2D eigenvalue weighted by Gasteiger charge is -2.11. The summed E-state index contributed by atoms with van der Waals surface area (Å²) in [5, 5.41) is 4.20. The van der Waals surface area contributed by atoms with E-state index in [0.717, 1.165) is 0 Å². The van der Waals surface area contributed by atoms with E-state index in [0.29, 0.717) is 34.0 Å². The van der Waals surface area contributed by atoms with E-state index in [-0.39, 0.29) is 17.3 Å². The molecule has 3 heterocycles. The molecule has 0 unspecified atom stereocenters. The number of aromatic nitrogens is 4. The van der Waals surface area contributed by atoms with E-state index in [2.05, 4.69) is 15.5 Å². The van der Waals surface area contributed by atoms with Crippen LogP contribution in [0.3, 0.4) is 0 Å². The van der Waals surface area contributed by atoms with Gasteiger partial charge in [-0.3, -0.25) is 19.7 Å². The van der Waals surface area contributed by atoms with Crippen LogP contribution in [0.15, 0.2) is 67.0 Å². The van der Waals surface area contributed by atoms with Crippen molar-refractivity contribution < 1.29 is 19.1 Å². The zero-order chi connectivity index (χ0) is 24.2. The first-order chi connectivity index (χ1) is 16.4. The zero-order valence-electron chi connectivity index (χ0n) is 19.0. The van der Waals surface area contributed by atoms with Gasteiger partial charge in [0.05, 0.1) is 11.9 Å². The molecule has 1 aromatic carbocycles. The summed E-state index contributed by atoms with van der Waals surface area (Å²) in [5.41, 5.74) is 5.66. The maximum atomic E-state index is 12.8. The average molecular weight is 457 g/mol. The van der Waals surface area contributed by atoms with Crippen LogP contribution in [0.1, 0.15) is 48.2 Å². The largest absolute Gasteiger partial charge is 0.454 e. The third-order valence-corrected chi connectivity index (χ3v) is 5.41. The number of pyridine rings is 1. The Morgan fingerprint density at radius 3 is 2.38 bits per heavy atom. The van der Waals surface area contributed by atoms with Crippen molar-refractivity contribution in [3.05, 3.63) is 101 Å². The molecule has 9 heteroatoms. The van der Waals surface area contributed by atoms with Crippen molar-refractivity contribution in [1.29, 1.82) is 0 Å². The predicted octanol–water partition coefficient (Wildman–Crippen LogP) is 3.42. The van der Waals surface area contributed by atoms with Crippen LogP contribution >= 0.6 is 0 Å². The number of nitrogens with one attached hydrogen (secondary N) is 1. The number of benzene rings is 1. The monoisotopic (exact) mass is 457 g/mol. The summed E-state index contributed by atoms with van der Waals surface area (Å²) in [7, 11) is 0. The zero-order valence-corrected chi connectivity index (χ0v) is 19.0. The normalized spacial score (nSPS) is 10.7. The molecular formula is C25H23N5O4. The molecule has 0 aliphatic carbocycles. The van der Waals surface area contributed by atoms with Crippen LogP contribution < -0.4 is 5.43 Å². The van der Waals surface area contributed by atoms with Gasteiger partial charge in [0.25, 0.3) is 5.91 Å². The molecule has 1 amide bonds. The smallest absolute Gasteiger partial charge is 0.342 e. The number of esters is 1. The van der Waals surface area contributed by atoms with Gasteiger partial charge in [0.2, 0.25) is 5.78 Å². The Morgan fingerprint density at radius 1 is 0.941 bits per heavy atom. The molecule has 0 fully saturated rings. The number of nitrogens with zero attached hydrogens (tertiary/aromatic N) is 4. The number of aryl methyl sites for hydroxylation is 1. The third-order valence-electron chi connectivity index (χ3n) is 5.41. The topological polar surface area (TPSA) is 108 Å². The molecular weight excluding hydrogens is 434 g/mol. The highest BCUT2D eigenvalue weighted by Crippen LogP contribution is 2.17. The molecule has 9 nitrogen and oxygen atoms in total. The second-order valence-electron chi connectivity index (χ2n) is 7.67. The first-order valence-corrected chi connectivity index (χ1v) is 10.6. The maximum absolute atomic E-state index is 12.8. The number of Topliss-reactive ketones (excluding diaryl/α,β-unsaturated/α-hetero) is 1. The lowest BCUT2D eigenvalue weighted by atomic mass is 10.1. The van der Waals surface area contributed by atoms with Gasteiger partial charge in [-0.2, -0.15) is 5.10 Å². The van der Waals surface area contributed by atoms with E-state index in [1.165, 1.54) is 10.9 Å². The Kier molecular flexibility index (Phi) is 6.35. The van der Waals surface area contributed by atoms with Crippen molar-refractivity contribution in [3.63, 3.8) is 0 Å². The molecule has 4 rings (SSSR count). The third kappa shape index (κ3) is 4.49. The van der Waals surface area contributed by atoms with Crippen LogP contribution in [0.25, 0.3) is 5.82 Å². The number of carbonyl (C=O) groups excluding carboxylic acids is 3. The molecule has 0 radical (unpaired) electrons. The molecule has 0 bridgehead atoms. The number of hydrogen-bond acceptors (Lipinski definition) is 6. The Morgan fingerprint density at radius 2 is 1.68 bits per heavy atom. The van der Waals surface area contributed by atoms with Gasteiger partial charge < -0.3 is 4.74 Å². The van der Waals surface area contributed by atoms with Gasteiger partial charge in [0.1, 0.15) is 5.56 Å². The second kappa shape index (κ2) is 9.53. The van der Waals surface area contributed by atoms with E-state index in [9.17, 15) is 14.4 Å². The quantitative estimate of drug-likeness (QED) is 0.337. The van der Waals surface area contributed by atoms with Crippen molar-refractivity contribution in [2.45, 2.75) is 20.8 Å². The minimum atomic E-state index is -0.654. The lowest BCUT2D eigenvalue weighted by Crippen LogP contribution is -2.25. The number of carbonyl (C=O) groups is 3. The molecule has 0 aliphatic heterocycles. The van der Waals surface area contributed by atoms with Gasteiger partial charge in [-0.1, -0.05) is 24.3 Å². The highest BCUT2D eigenvalue weighted by molar-refractivity contribution is 6.02. The molecule has 4 aromatic rings. The van der Waals surface area contributed by atoms with Gasteiger partial charge in [0, 0.05) is 28.7 Å².